The maximum Gasteiger partial charge on any atom is 0.163 e. The first-order valence-corrected chi connectivity index (χ1v) is 4.00. The average molecular weight is 178 g/mol. The minimum absolute atomic E-state index is 0.695. The summed E-state index contributed by atoms with van der Waals surface area (Å²) < 4.78 is 5.00. The molecular formula is C9H10N2O2. The smallest absolute Gasteiger partial charge is 0.163 e. The van der Waals surface area contributed by atoms with Crippen LogP contribution in [-0.2, 0) is 4.84 Å². The molecule has 0 atom stereocenters. The molecule has 0 saturated heterocycles. The average Bonchev–Trinajstić information content (AvgIpc) is 2.62. The molecule has 0 fully saturated rings. The molecule has 0 aromatic carbocycles. The van der Waals surface area contributed by atoms with Crippen molar-refractivity contribution in [2.75, 3.05) is 0 Å². The first kappa shape index (κ1) is 7.91. The molecule has 1 aromatic heterocycles. The molecule has 1 aromatic rings. The number of allylic oxidation sites excluding steroid dienone is 2. The molecule has 0 radical (unpaired) electrons. The van der Waals surface area contributed by atoms with Crippen LogP contribution in [0.1, 0.15) is 18.4 Å². The number of hydrogen-bond donors (Lipinski definition) is 1. The summed E-state index contributed by atoms with van der Waals surface area (Å²) in [4.78, 5) is 5.11. The Bertz CT molecular complexity index is 377. The van der Waals surface area contributed by atoms with Gasteiger partial charge in [0.1, 0.15) is 0 Å². The topological polar surface area (TPSA) is 47.3 Å². The molecular weight excluding hydrogens is 168 g/mol. The van der Waals surface area contributed by atoms with E-state index in [1.165, 1.54) is 0 Å². The van der Waals surface area contributed by atoms with Crippen LogP contribution in [0.25, 0.3) is 6.08 Å². The molecule has 68 valence electrons. The predicted octanol–water partition coefficient (Wildman–Crippen LogP) is 1.76. The van der Waals surface area contributed by atoms with Gasteiger partial charge in [-0.25, -0.2) is 5.48 Å². The third-order valence-corrected chi connectivity index (χ3v) is 1.62. The number of nitrogens with zero attached hydrogens (tertiary/aromatic N) is 1. The fourth-order valence-electron chi connectivity index (χ4n) is 1.07. The number of aromatic nitrogens is 1. The fraction of sp³-hybridized carbons (Fsp3) is 0.222. The SMILES string of the molecule is CC1=C/C(=C\c2cc(C)no2)ON1. The van der Waals surface area contributed by atoms with Crippen molar-refractivity contribution in [1.82, 2.24) is 10.6 Å². The second-order valence-corrected chi connectivity index (χ2v) is 2.95. The largest absolute Gasteiger partial charge is 0.382 e. The summed E-state index contributed by atoms with van der Waals surface area (Å²) in [5, 5.41) is 3.76. The number of nitrogens with one attached hydrogen (secondary N) is 1. The first-order chi connectivity index (χ1) is 6.24. The van der Waals surface area contributed by atoms with E-state index in [1.807, 2.05) is 26.0 Å². The third kappa shape index (κ3) is 1.72. The second kappa shape index (κ2) is 2.97. The number of hydroxylamine groups is 1. The zero-order valence-electron chi connectivity index (χ0n) is 7.50. The monoisotopic (exact) mass is 178 g/mol. The molecule has 0 saturated carbocycles. The third-order valence-electron chi connectivity index (χ3n) is 1.62. The Kier molecular flexibility index (Phi) is 1.81. The Morgan fingerprint density at radius 3 is 2.85 bits per heavy atom. The van der Waals surface area contributed by atoms with Crippen LogP contribution in [0.4, 0.5) is 0 Å². The van der Waals surface area contributed by atoms with E-state index < -0.39 is 0 Å². The normalized spacial score (nSPS) is 18.3. The summed E-state index contributed by atoms with van der Waals surface area (Å²) in [5.41, 5.74) is 4.56. The molecule has 2 heterocycles. The summed E-state index contributed by atoms with van der Waals surface area (Å²) in [7, 11) is 0. The van der Waals surface area contributed by atoms with Crippen molar-refractivity contribution >= 4 is 6.08 Å². The summed E-state index contributed by atoms with van der Waals surface area (Å²) in [5.74, 6) is 1.42. The molecule has 0 bridgehead atoms. The van der Waals surface area contributed by atoms with Crippen LogP contribution in [0.15, 0.2) is 28.1 Å². The van der Waals surface area contributed by atoms with Gasteiger partial charge in [0, 0.05) is 23.9 Å². The van der Waals surface area contributed by atoms with Gasteiger partial charge in [-0.15, -0.1) is 0 Å². The molecule has 0 spiro atoms. The first-order valence-electron chi connectivity index (χ1n) is 4.00. The summed E-state index contributed by atoms with van der Waals surface area (Å²) >= 11 is 0. The zero-order chi connectivity index (χ0) is 9.26. The predicted molar refractivity (Wildman–Crippen MR) is 47.2 cm³/mol. The summed E-state index contributed by atoms with van der Waals surface area (Å²) in [6.45, 7) is 3.80. The minimum atomic E-state index is 0.695. The Morgan fingerprint density at radius 2 is 2.31 bits per heavy atom. The minimum Gasteiger partial charge on any atom is -0.382 e. The van der Waals surface area contributed by atoms with Crippen LogP contribution in [-0.4, -0.2) is 5.16 Å². The van der Waals surface area contributed by atoms with Crippen LogP contribution in [0.2, 0.25) is 0 Å². The van der Waals surface area contributed by atoms with Gasteiger partial charge in [-0.1, -0.05) is 5.16 Å². The van der Waals surface area contributed by atoms with Crippen molar-refractivity contribution in [3.05, 3.63) is 35.1 Å². The van der Waals surface area contributed by atoms with Crippen molar-refractivity contribution in [1.29, 1.82) is 0 Å². The van der Waals surface area contributed by atoms with E-state index in [4.69, 9.17) is 9.36 Å². The molecule has 2 rings (SSSR count). The van der Waals surface area contributed by atoms with Gasteiger partial charge in [-0.3, -0.25) is 0 Å². The van der Waals surface area contributed by atoms with E-state index in [2.05, 4.69) is 10.6 Å². The van der Waals surface area contributed by atoms with Crippen molar-refractivity contribution in [3.8, 4) is 0 Å². The van der Waals surface area contributed by atoms with E-state index >= 15 is 0 Å². The number of rotatable bonds is 1. The van der Waals surface area contributed by atoms with Crippen LogP contribution in [0, 0.1) is 6.92 Å². The number of hydrogen-bond acceptors (Lipinski definition) is 4. The highest BCUT2D eigenvalue weighted by molar-refractivity contribution is 5.50. The molecule has 1 aliphatic heterocycles. The lowest BCUT2D eigenvalue weighted by Crippen LogP contribution is -2.01. The molecule has 1 N–H and O–H groups in total. The van der Waals surface area contributed by atoms with Crippen molar-refractivity contribution in [2.24, 2.45) is 0 Å². The van der Waals surface area contributed by atoms with Crippen molar-refractivity contribution < 1.29 is 9.36 Å². The summed E-state index contributed by atoms with van der Waals surface area (Å²) in [6.07, 6.45) is 3.67. The fourth-order valence-corrected chi connectivity index (χ4v) is 1.07. The maximum atomic E-state index is 5.11. The molecule has 0 aliphatic carbocycles. The standard InChI is InChI=1S/C9H10N2O2/c1-6-3-8(12-10-6)5-9-4-7(2)11-13-9/h3-5,10H,1-2H3/b8-5+. The van der Waals surface area contributed by atoms with Gasteiger partial charge >= 0.3 is 0 Å². The van der Waals surface area contributed by atoms with E-state index in [0.29, 0.717) is 5.76 Å². The second-order valence-electron chi connectivity index (χ2n) is 2.95. The van der Waals surface area contributed by atoms with Crippen LogP contribution in [0.5, 0.6) is 0 Å². The Hall–Kier alpha value is -1.71. The molecule has 1 aliphatic rings. The Morgan fingerprint density at radius 1 is 1.46 bits per heavy atom. The van der Waals surface area contributed by atoms with E-state index in [-0.39, 0.29) is 0 Å². The lowest BCUT2D eigenvalue weighted by molar-refractivity contribution is 0.164. The maximum absolute atomic E-state index is 5.11. The highest BCUT2D eigenvalue weighted by atomic mass is 16.7. The van der Waals surface area contributed by atoms with Gasteiger partial charge in [-0.05, 0) is 13.8 Å². The van der Waals surface area contributed by atoms with Gasteiger partial charge < -0.3 is 9.36 Å². The molecule has 4 heteroatoms. The van der Waals surface area contributed by atoms with Crippen molar-refractivity contribution in [2.45, 2.75) is 13.8 Å². The van der Waals surface area contributed by atoms with Crippen LogP contribution in [0.3, 0.4) is 0 Å². The van der Waals surface area contributed by atoms with Crippen LogP contribution >= 0.6 is 0 Å². The summed E-state index contributed by atoms with van der Waals surface area (Å²) in [6, 6.07) is 1.85. The van der Waals surface area contributed by atoms with Gasteiger partial charge in [0.15, 0.2) is 11.5 Å². The number of aryl methyl sites for hydroxylation is 1. The highest BCUT2D eigenvalue weighted by Gasteiger charge is 2.06. The molecule has 4 nitrogen and oxygen atoms in total. The lowest BCUT2D eigenvalue weighted by Gasteiger charge is -1.95. The molecule has 0 unspecified atom stereocenters. The molecule has 13 heavy (non-hydrogen) atoms. The zero-order valence-corrected chi connectivity index (χ0v) is 7.50. The van der Waals surface area contributed by atoms with Crippen LogP contribution < -0.4 is 5.48 Å². The van der Waals surface area contributed by atoms with E-state index in [1.54, 1.807) is 6.08 Å². The lowest BCUT2D eigenvalue weighted by atomic mass is 10.3. The molecule has 0 amide bonds. The van der Waals surface area contributed by atoms with Gasteiger partial charge in [0.2, 0.25) is 0 Å². The van der Waals surface area contributed by atoms with Gasteiger partial charge in [0.05, 0.1) is 5.69 Å². The Balaban J connectivity index is 2.21. The van der Waals surface area contributed by atoms with Crippen molar-refractivity contribution in [3.63, 3.8) is 0 Å². The Labute approximate surface area is 75.8 Å². The van der Waals surface area contributed by atoms with Gasteiger partial charge in [-0.2, -0.15) is 0 Å². The van der Waals surface area contributed by atoms with Gasteiger partial charge in [0.25, 0.3) is 0 Å². The van der Waals surface area contributed by atoms with E-state index in [0.717, 1.165) is 17.2 Å². The highest BCUT2D eigenvalue weighted by Crippen LogP contribution is 2.14. The quantitative estimate of drug-likeness (QED) is 0.711. The van der Waals surface area contributed by atoms with E-state index in [9.17, 15) is 0 Å².